The highest BCUT2D eigenvalue weighted by molar-refractivity contribution is 5.64. The minimum Gasteiger partial charge on any atom is -0.261 e. The van der Waals surface area contributed by atoms with Crippen LogP contribution in [0, 0.1) is 0 Å². The Labute approximate surface area is 67.5 Å². The molecule has 0 aromatic carbocycles. The van der Waals surface area contributed by atoms with E-state index in [-0.39, 0.29) is 0 Å². The molecule has 0 bridgehead atoms. The molecule has 1 heteroatoms. The molecular weight excluding hydrogens is 134 g/mol. The van der Waals surface area contributed by atoms with E-state index in [1.165, 1.54) is 30.5 Å². The minimum atomic E-state index is 1.13. The summed E-state index contributed by atoms with van der Waals surface area (Å²) < 4.78 is 0. The van der Waals surface area contributed by atoms with E-state index in [1.54, 1.807) is 5.57 Å². The molecule has 0 unspecified atom stereocenters. The first-order chi connectivity index (χ1) is 5.38. The van der Waals surface area contributed by atoms with Gasteiger partial charge in [0.05, 0.1) is 5.70 Å². The van der Waals surface area contributed by atoms with Gasteiger partial charge in [0.1, 0.15) is 0 Å². The number of nitrogens with zero attached hydrogens (tertiary/aromatic N) is 1. The molecule has 11 heavy (non-hydrogen) atoms. The van der Waals surface area contributed by atoms with E-state index in [1.807, 2.05) is 6.21 Å². The van der Waals surface area contributed by atoms with Gasteiger partial charge in [0.15, 0.2) is 0 Å². The van der Waals surface area contributed by atoms with Gasteiger partial charge in [0, 0.05) is 6.21 Å². The zero-order valence-corrected chi connectivity index (χ0v) is 6.93. The molecular formula is C10H13N. The van der Waals surface area contributed by atoms with Gasteiger partial charge in [-0.15, -0.1) is 0 Å². The third kappa shape index (κ3) is 1.15. The summed E-state index contributed by atoms with van der Waals surface area (Å²) in [7, 11) is 0. The fourth-order valence-corrected chi connectivity index (χ4v) is 1.76. The zero-order valence-electron chi connectivity index (χ0n) is 6.93. The van der Waals surface area contributed by atoms with E-state index in [9.17, 15) is 0 Å². The Morgan fingerprint density at radius 3 is 3.00 bits per heavy atom. The van der Waals surface area contributed by atoms with Crippen LogP contribution in [0.1, 0.15) is 32.6 Å². The van der Waals surface area contributed by atoms with Crippen LogP contribution in [0.15, 0.2) is 27.9 Å². The maximum absolute atomic E-state index is 4.38. The zero-order chi connectivity index (χ0) is 7.68. The Morgan fingerprint density at radius 2 is 2.18 bits per heavy atom. The summed E-state index contributed by atoms with van der Waals surface area (Å²) in [5.41, 5.74) is 4.32. The molecule has 1 heterocycles. The van der Waals surface area contributed by atoms with Crippen molar-refractivity contribution in [3.63, 3.8) is 0 Å². The number of hydrogen-bond acceptors (Lipinski definition) is 1. The Bertz CT molecular complexity index is 256. The van der Waals surface area contributed by atoms with Crippen LogP contribution in [0.5, 0.6) is 0 Å². The quantitative estimate of drug-likeness (QED) is 0.499. The van der Waals surface area contributed by atoms with Crippen LogP contribution in [0.25, 0.3) is 0 Å². The lowest BCUT2D eigenvalue weighted by Crippen LogP contribution is -2.02. The minimum absolute atomic E-state index is 1.13. The number of rotatable bonds is 0. The molecule has 58 valence electrons. The molecule has 1 aliphatic heterocycles. The second-order valence-electron chi connectivity index (χ2n) is 3.24. The van der Waals surface area contributed by atoms with Crippen LogP contribution < -0.4 is 0 Å². The van der Waals surface area contributed by atoms with E-state index < -0.39 is 0 Å². The lowest BCUT2D eigenvalue weighted by atomic mass is 9.92. The predicted molar refractivity (Wildman–Crippen MR) is 47.7 cm³/mol. The predicted octanol–water partition coefficient (Wildman–Crippen LogP) is 2.85. The first-order valence-electron chi connectivity index (χ1n) is 4.29. The fourth-order valence-electron chi connectivity index (χ4n) is 1.76. The third-order valence-electron chi connectivity index (χ3n) is 2.44. The van der Waals surface area contributed by atoms with E-state index >= 15 is 0 Å². The third-order valence-corrected chi connectivity index (χ3v) is 2.44. The summed E-state index contributed by atoms with van der Waals surface area (Å²) in [6, 6.07) is 0. The van der Waals surface area contributed by atoms with Gasteiger partial charge in [-0.05, 0) is 38.2 Å². The summed E-state index contributed by atoms with van der Waals surface area (Å²) in [5, 5.41) is 0. The van der Waals surface area contributed by atoms with E-state index in [2.05, 4.69) is 18.0 Å². The fraction of sp³-hybridized carbons (Fsp3) is 0.500. The van der Waals surface area contributed by atoms with Crippen molar-refractivity contribution in [2.45, 2.75) is 32.6 Å². The average molecular weight is 147 g/mol. The van der Waals surface area contributed by atoms with Crippen LogP contribution in [0.2, 0.25) is 0 Å². The topological polar surface area (TPSA) is 12.4 Å². The van der Waals surface area contributed by atoms with Gasteiger partial charge < -0.3 is 0 Å². The monoisotopic (exact) mass is 147 g/mol. The number of hydrogen-bond donors (Lipinski definition) is 0. The molecule has 0 aromatic rings. The highest BCUT2D eigenvalue weighted by atomic mass is 14.7. The van der Waals surface area contributed by atoms with Crippen LogP contribution in [-0.4, -0.2) is 6.21 Å². The molecule has 0 fully saturated rings. The van der Waals surface area contributed by atoms with Crippen molar-refractivity contribution in [1.82, 2.24) is 0 Å². The molecule has 0 atom stereocenters. The van der Waals surface area contributed by atoms with E-state index in [0.29, 0.717) is 0 Å². The normalized spacial score (nSPS) is 23.2. The Morgan fingerprint density at radius 1 is 1.27 bits per heavy atom. The standard InChI is InChI=1S/C10H13N/c1-8-4-2-6-10-9(8)5-3-7-11-10/h6-7H,2-5H2,1H3. The molecule has 0 radical (unpaired) electrons. The maximum Gasteiger partial charge on any atom is 0.0617 e. The largest absolute Gasteiger partial charge is 0.261 e. The van der Waals surface area contributed by atoms with Gasteiger partial charge in [0.25, 0.3) is 0 Å². The number of fused-ring (bicyclic) bond motifs is 1. The van der Waals surface area contributed by atoms with Crippen LogP contribution in [0.4, 0.5) is 0 Å². The smallest absolute Gasteiger partial charge is 0.0617 e. The summed E-state index contributed by atoms with van der Waals surface area (Å²) >= 11 is 0. The molecule has 1 aliphatic carbocycles. The van der Waals surface area contributed by atoms with Gasteiger partial charge in [0.2, 0.25) is 0 Å². The molecule has 0 saturated carbocycles. The first kappa shape index (κ1) is 6.84. The van der Waals surface area contributed by atoms with Gasteiger partial charge in [-0.3, -0.25) is 4.99 Å². The highest BCUT2D eigenvalue weighted by Crippen LogP contribution is 2.30. The summed E-state index contributed by atoms with van der Waals surface area (Å²) in [6.07, 6.45) is 9.06. The van der Waals surface area contributed by atoms with Crippen molar-refractivity contribution in [1.29, 1.82) is 0 Å². The van der Waals surface area contributed by atoms with E-state index in [0.717, 1.165) is 6.42 Å². The molecule has 1 nitrogen and oxygen atoms in total. The van der Waals surface area contributed by atoms with Gasteiger partial charge in [-0.25, -0.2) is 0 Å². The molecule has 0 saturated heterocycles. The summed E-state index contributed by atoms with van der Waals surface area (Å²) in [6.45, 7) is 2.24. The van der Waals surface area contributed by atoms with Gasteiger partial charge >= 0.3 is 0 Å². The van der Waals surface area contributed by atoms with Crippen molar-refractivity contribution in [3.8, 4) is 0 Å². The number of aliphatic imine (C=N–C) groups is 1. The average Bonchev–Trinajstić information content (AvgIpc) is 2.06. The summed E-state index contributed by atoms with van der Waals surface area (Å²) in [4.78, 5) is 4.38. The van der Waals surface area contributed by atoms with Crippen molar-refractivity contribution in [2.24, 2.45) is 4.99 Å². The number of allylic oxidation sites excluding steroid dienone is 3. The van der Waals surface area contributed by atoms with Crippen molar-refractivity contribution < 1.29 is 0 Å². The van der Waals surface area contributed by atoms with Crippen molar-refractivity contribution in [3.05, 3.63) is 22.9 Å². The maximum atomic E-state index is 4.38. The molecule has 2 aliphatic rings. The Balaban J connectivity index is 2.41. The molecule has 0 amide bonds. The summed E-state index contributed by atoms with van der Waals surface area (Å²) in [5.74, 6) is 0. The lowest BCUT2D eigenvalue weighted by Gasteiger charge is -2.19. The van der Waals surface area contributed by atoms with E-state index in [4.69, 9.17) is 0 Å². The van der Waals surface area contributed by atoms with Crippen LogP contribution >= 0.6 is 0 Å². The van der Waals surface area contributed by atoms with Crippen molar-refractivity contribution >= 4 is 6.21 Å². The first-order valence-corrected chi connectivity index (χ1v) is 4.29. The second-order valence-corrected chi connectivity index (χ2v) is 3.24. The second kappa shape index (κ2) is 2.65. The highest BCUT2D eigenvalue weighted by Gasteiger charge is 2.13. The lowest BCUT2D eigenvalue weighted by molar-refractivity contribution is 0.854. The van der Waals surface area contributed by atoms with Crippen molar-refractivity contribution in [2.75, 3.05) is 0 Å². The molecule has 2 rings (SSSR count). The van der Waals surface area contributed by atoms with Gasteiger partial charge in [-0.1, -0.05) is 11.6 Å². The Kier molecular flexibility index (Phi) is 1.65. The SMILES string of the molecule is CC1=C2CCC=NC2=CCC1. The van der Waals surface area contributed by atoms with Gasteiger partial charge in [-0.2, -0.15) is 0 Å². The van der Waals surface area contributed by atoms with Crippen LogP contribution in [-0.2, 0) is 0 Å². The molecule has 0 N–H and O–H groups in total. The van der Waals surface area contributed by atoms with Crippen LogP contribution in [0.3, 0.4) is 0 Å². The molecule has 0 spiro atoms. The molecule has 0 aromatic heterocycles. The Hall–Kier alpha value is -0.850.